The van der Waals surface area contributed by atoms with E-state index in [2.05, 4.69) is 9.97 Å². The molecule has 1 heterocycles. The molecule has 0 saturated heterocycles. The molecule has 0 aliphatic heterocycles. The Morgan fingerprint density at radius 2 is 1.92 bits per heavy atom. The predicted octanol–water partition coefficient (Wildman–Crippen LogP) is 2.24. The molecule has 1 N–H and O–H groups in total. The number of rotatable bonds is 7. The van der Waals surface area contributed by atoms with Gasteiger partial charge in [0.05, 0.1) is 12.0 Å². The quantitative estimate of drug-likeness (QED) is 0.797. The molecule has 0 spiro atoms. The summed E-state index contributed by atoms with van der Waals surface area (Å²) in [5.74, 6) is -1.37. The van der Waals surface area contributed by atoms with Crippen molar-refractivity contribution in [2.75, 3.05) is 5.75 Å². The summed E-state index contributed by atoms with van der Waals surface area (Å²) in [5.41, 5.74) is 1.41. The van der Waals surface area contributed by atoms with E-state index in [1.54, 1.807) is 42.7 Å². The smallest absolute Gasteiger partial charge is 0.248 e. The van der Waals surface area contributed by atoms with E-state index < -0.39 is 27.6 Å². The molecular weight excluding hydrogens is 352 g/mol. The molecule has 1 amide bonds. The average molecular weight is 372 g/mol. The number of aromatic nitrogens is 2. The lowest BCUT2D eigenvalue weighted by Crippen LogP contribution is -2.36. The van der Waals surface area contributed by atoms with E-state index in [9.17, 15) is 13.2 Å². The van der Waals surface area contributed by atoms with Gasteiger partial charge in [0.2, 0.25) is 15.9 Å². The molecule has 1 atom stereocenters. The van der Waals surface area contributed by atoms with Gasteiger partial charge in [0.1, 0.15) is 0 Å². The minimum Gasteiger partial charge on any atom is -0.273 e. The molecule has 2 aromatic rings. The highest BCUT2D eigenvalue weighted by atomic mass is 32.2. The lowest BCUT2D eigenvalue weighted by Gasteiger charge is -2.19. The molecule has 8 heteroatoms. The molecule has 0 bridgehead atoms. The molecule has 26 heavy (non-hydrogen) atoms. The highest BCUT2D eigenvalue weighted by Gasteiger charge is 2.26. The SMILES string of the molecule is CC(C)CC(C(=O)NS(=O)(=O)CC#N)c1cccc(-c2ncccn2)c1. The second-order valence-electron chi connectivity index (χ2n) is 6.26. The van der Waals surface area contributed by atoms with Crippen LogP contribution in [0.25, 0.3) is 11.4 Å². The van der Waals surface area contributed by atoms with Gasteiger partial charge in [0, 0.05) is 18.0 Å². The molecule has 0 aliphatic rings. The van der Waals surface area contributed by atoms with Crippen molar-refractivity contribution in [2.45, 2.75) is 26.2 Å². The first-order valence-electron chi connectivity index (χ1n) is 8.11. The van der Waals surface area contributed by atoms with Gasteiger partial charge in [-0.2, -0.15) is 5.26 Å². The van der Waals surface area contributed by atoms with Crippen molar-refractivity contribution in [3.8, 4) is 17.5 Å². The number of nitriles is 1. The first-order chi connectivity index (χ1) is 12.3. The molecule has 1 aromatic carbocycles. The van der Waals surface area contributed by atoms with Crippen molar-refractivity contribution in [3.05, 3.63) is 48.3 Å². The number of carbonyl (C=O) groups is 1. The Bertz CT molecular complexity index is 906. The summed E-state index contributed by atoms with van der Waals surface area (Å²) in [7, 11) is -3.97. The first kappa shape index (κ1) is 19.5. The molecule has 136 valence electrons. The number of hydrogen-bond donors (Lipinski definition) is 1. The van der Waals surface area contributed by atoms with Crippen LogP contribution in [0, 0.1) is 17.2 Å². The minimum atomic E-state index is -3.97. The van der Waals surface area contributed by atoms with E-state index in [1.807, 2.05) is 24.6 Å². The third-order valence-corrected chi connectivity index (χ3v) is 4.67. The van der Waals surface area contributed by atoms with Gasteiger partial charge in [0.15, 0.2) is 11.6 Å². The van der Waals surface area contributed by atoms with E-state index in [0.717, 1.165) is 5.56 Å². The van der Waals surface area contributed by atoms with Gasteiger partial charge in [-0.15, -0.1) is 0 Å². The molecular formula is C18H20N4O3S. The maximum absolute atomic E-state index is 12.6. The van der Waals surface area contributed by atoms with Crippen LogP contribution in [0.4, 0.5) is 0 Å². The Labute approximate surface area is 153 Å². The highest BCUT2D eigenvalue weighted by Crippen LogP contribution is 2.27. The van der Waals surface area contributed by atoms with Gasteiger partial charge in [-0.25, -0.2) is 18.4 Å². The van der Waals surface area contributed by atoms with Crippen molar-refractivity contribution in [1.82, 2.24) is 14.7 Å². The normalized spacial score (nSPS) is 12.4. The van der Waals surface area contributed by atoms with Crippen LogP contribution in [0.5, 0.6) is 0 Å². The Kier molecular flexibility index (Phi) is 6.41. The van der Waals surface area contributed by atoms with Gasteiger partial charge < -0.3 is 0 Å². The van der Waals surface area contributed by atoms with Gasteiger partial charge in [0.25, 0.3) is 0 Å². The maximum Gasteiger partial charge on any atom is 0.248 e. The van der Waals surface area contributed by atoms with Crippen LogP contribution in [0.2, 0.25) is 0 Å². The number of amides is 1. The van der Waals surface area contributed by atoms with E-state index in [0.29, 0.717) is 17.8 Å². The molecule has 0 fully saturated rings. The zero-order chi connectivity index (χ0) is 19.2. The van der Waals surface area contributed by atoms with Gasteiger partial charge in [-0.1, -0.05) is 32.0 Å². The second-order valence-corrected chi connectivity index (χ2v) is 7.99. The summed E-state index contributed by atoms with van der Waals surface area (Å²) in [5, 5.41) is 8.58. The summed E-state index contributed by atoms with van der Waals surface area (Å²) in [4.78, 5) is 21.0. The average Bonchev–Trinajstić information content (AvgIpc) is 2.60. The molecule has 0 aliphatic carbocycles. The van der Waals surface area contributed by atoms with Crippen molar-refractivity contribution < 1.29 is 13.2 Å². The monoisotopic (exact) mass is 372 g/mol. The van der Waals surface area contributed by atoms with Crippen molar-refractivity contribution in [3.63, 3.8) is 0 Å². The third-order valence-electron chi connectivity index (χ3n) is 3.65. The highest BCUT2D eigenvalue weighted by molar-refractivity contribution is 7.90. The predicted molar refractivity (Wildman–Crippen MR) is 97.2 cm³/mol. The fourth-order valence-corrected chi connectivity index (χ4v) is 3.24. The van der Waals surface area contributed by atoms with E-state index in [1.165, 1.54) is 0 Å². The van der Waals surface area contributed by atoms with Crippen molar-refractivity contribution in [1.29, 1.82) is 5.26 Å². The number of carbonyl (C=O) groups excluding carboxylic acids is 1. The van der Waals surface area contributed by atoms with Gasteiger partial charge >= 0.3 is 0 Å². The number of sulfonamides is 1. The van der Waals surface area contributed by atoms with E-state index in [-0.39, 0.29) is 5.92 Å². The fourth-order valence-electron chi connectivity index (χ4n) is 2.55. The standard InChI is InChI=1S/C18H20N4O3S/c1-13(2)11-16(18(23)22-26(24,25)10-7-19)14-5-3-6-15(12-14)17-20-8-4-9-21-17/h3-6,8-9,12-13,16H,10-11H2,1-2H3,(H,22,23). The van der Waals surface area contributed by atoms with Crippen molar-refractivity contribution >= 4 is 15.9 Å². The molecule has 1 aromatic heterocycles. The van der Waals surface area contributed by atoms with Gasteiger partial charge in [-0.3, -0.25) is 9.52 Å². The minimum absolute atomic E-state index is 0.168. The molecule has 2 rings (SSSR count). The zero-order valence-electron chi connectivity index (χ0n) is 14.6. The van der Waals surface area contributed by atoms with Crippen LogP contribution in [0.3, 0.4) is 0 Å². The van der Waals surface area contributed by atoms with Gasteiger partial charge in [-0.05, 0) is 30.0 Å². The van der Waals surface area contributed by atoms with E-state index in [4.69, 9.17) is 5.26 Å². The lowest BCUT2D eigenvalue weighted by atomic mass is 9.89. The number of nitrogens with one attached hydrogen (secondary N) is 1. The Morgan fingerprint density at radius 1 is 1.23 bits per heavy atom. The lowest BCUT2D eigenvalue weighted by molar-refractivity contribution is -0.121. The Balaban J connectivity index is 2.35. The fraction of sp³-hybridized carbons (Fsp3) is 0.333. The second kappa shape index (κ2) is 8.54. The summed E-state index contributed by atoms with van der Waals surface area (Å²) in [6, 6.07) is 10.4. The number of benzene rings is 1. The van der Waals surface area contributed by atoms with Crippen LogP contribution >= 0.6 is 0 Å². The number of hydrogen-bond acceptors (Lipinski definition) is 6. The largest absolute Gasteiger partial charge is 0.273 e. The van der Waals surface area contributed by atoms with E-state index >= 15 is 0 Å². The van der Waals surface area contributed by atoms with Crippen molar-refractivity contribution in [2.24, 2.45) is 5.92 Å². The molecule has 0 saturated carbocycles. The molecule has 1 unspecified atom stereocenters. The first-order valence-corrected chi connectivity index (χ1v) is 9.76. The topological polar surface area (TPSA) is 113 Å². The third kappa shape index (κ3) is 5.36. The zero-order valence-corrected chi connectivity index (χ0v) is 15.4. The summed E-state index contributed by atoms with van der Waals surface area (Å²) in [6.45, 7) is 3.91. The summed E-state index contributed by atoms with van der Waals surface area (Å²) in [6.07, 6.45) is 3.72. The molecule has 7 nitrogen and oxygen atoms in total. The Hall–Kier alpha value is -2.79. The van der Waals surface area contributed by atoms with Crippen LogP contribution < -0.4 is 4.72 Å². The Morgan fingerprint density at radius 3 is 2.54 bits per heavy atom. The maximum atomic E-state index is 12.6. The van der Waals surface area contributed by atoms with Crippen LogP contribution in [0.1, 0.15) is 31.7 Å². The summed E-state index contributed by atoms with van der Waals surface area (Å²) >= 11 is 0. The van der Waals surface area contributed by atoms with Crippen LogP contribution in [-0.4, -0.2) is 30.0 Å². The molecule has 0 radical (unpaired) electrons. The summed E-state index contributed by atoms with van der Waals surface area (Å²) < 4.78 is 25.6. The number of nitrogens with zero attached hydrogens (tertiary/aromatic N) is 3. The van der Waals surface area contributed by atoms with Crippen LogP contribution in [-0.2, 0) is 14.8 Å². The van der Waals surface area contributed by atoms with Crippen LogP contribution in [0.15, 0.2) is 42.7 Å².